The molecule has 0 spiro atoms. The third-order valence-electron chi connectivity index (χ3n) is 2.54. The van der Waals surface area contributed by atoms with Gasteiger partial charge in [0.25, 0.3) is 5.91 Å². The minimum Gasteiger partial charge on any atom is -0.298 e. The van der Waals surface area contributed by atoms with Gasteiger partial charge in [-0.05, 0) is 30.3 Å². The lowest BCUT2D eigenvalue weighted by atomic mass is 10.2. The Kier molecular flexibility index (Phi) is 4.77. The summed E-state index contributed by atoms with van der Waals surface area (Å²) in [7, 11) is 0. The first kappa shape index (κ1) is 16.4. The first-order valence-electron chi connectivity index (χ1n) is 5.82. The molecule has 116 valence electrons. The van der Waals surface area contributed by atoms with Crippen LogP contribution in [0.1, 0.15) is 15.9 Å². The number of anilines is 1. The predicted molar refractivity (Wildman–Crippen MR) is 76.8 cm³/mol. The van der Waals surface area contributed by atoms with Crippen molar-refractivity contribution in [3.63, 3.8) is 0 Å². The highest BCUT2D eigenvalue weighted by Crippen LogP contribution is 2.30. The molecule has 0 saturated heterocycles. The minimum atomic E-state index is -4.46. The molecule has 0 saturated carbocycles. The van der Waals surface area contributed by atoms with Crippen molar-refractivity contribution < 1.29 is 18.0 Å². The Labute approximate surface area is 133 Å². The molecule has 2 N–H and O–H groups in total. The second-order valence-corrected chi connectivity index (χ2v) is 4.93. The van der Waals surface area contributed by atoms with Crippen LogP contribution in [-0.4, -0.2) is 10.9 Å². The van der Waals surface area contributed by atoms with E-state index in [2.05, 4.69) is 15.8 Å². The second kappa shape index (κ2) is 6.41. The zero-order valence-corrected chi connectivity index (χ0v) is 12.2. The number of hydrogen-bond donors (Lipinski definition) is 2. The minimum absolute atomic E-state index is 0.0247. The monoisotopic (exact) mass is 349 g/mol. The number of carbonyl (C=O) groups excluding carboxylic acids is 1. The highest BCUT2D eigenvalue weighted by molar-refractivity contribution is 6.33. The van der Waals surface area contributed by atoms with E-state index < -0.39 is 17.6 Å². The highest BCUT2D eigenvalue weighted by atomic mass is 35.5. The van der Waals surface area contributed by atoms with Gasteiger partial charge in [0.1, 0.15) is 10.3 Å². The van der Waals surface area contributed by atoms with Crippen molar-refractivity contribution in [3.8, 4) is 0 Å². The molecule has 1 aromatic carbocycles. The van der Waals surface area contributed by atoms with Gasteiger partial charge in [-0.15, -0.1) is 0 Å². The largest absolute Gasteiger partial charge is 0.416 e. The molecule has 9 heteroatoms. The van der Waals surface area contributed by atoms with E-state index >= 15 is 0 Å². The fourth-order valence-electron chi connectivity index (χ4n) is 1.57. The number of halogens is 5. The zero-order chi connectivity index (χ0) is 16.3. The lowest BCUT2D eigenvalue weighted by Gasteiger charge is -2.11. The van der Waals surface area contributed by atoms with E-state index in [1.54, 1.807) is 0 Å². The topological polar surface area (TPSA) is 54.0 Å². The fraction of sp³-hybridized carbons (Fsp3) is 0.0769. The lowest BCUT2D eigenvalue weighted by Crippen LogP contribution is -2.29. The number of nitrogens with zero attached hydrogens (tertiary/aromatic N) is 1. The maximum atomic E-state index is 12.6. The highest BCUT2D eigenvalue weighted by Gasteiger charge is 2.30. The number of pyridine rings is 1. The quantitative estimate of drug-likeness (QED) is 0.646. The summed E-state index contributed by atoms with van der Waals surface area (Å²) in [4.78, 5) is 15.5. The van der Waals surface area contributed by atoms with Gasteiger partial charge >= 0.3 is 6.18 Å². The van der Waals surface area contributed by atoms with Gasteiger partial charge in [-0.3, -0.25) is 15.6 Å². The summed E-state index contributed by atoms with van der Waals surface area (Å²) >= 11 is 11.3. The maximum Gasteiger partial charge on any atom is 0.416 e. The van der Waals surface area contributed by atoms with Crippen LogP contribution in [0, 0.1) is 0 Å². The Bertz CT molecular complexity index is 687. The zero-order valence-electron chi connectivity index (χ0n) is 10.7. The molecule has 0 aliphatic carbocycles. The van der Waals surface area contributed by atoms with Crippen LogP contribution in [0.15, 0.2) is 36.4 Å². The summed E-state index contributed by atoms with van der Waals surface area (Å²) in [6, 6.07) is 6.94. The first-order chi connectivity index (χ1) is 10.3. The van der Waals surface area contributed by atoms with E-state index in [-0.39, 0.29) is 21.6 Å². The third-order valence-corrected chi connectivity index (χ3v) is 2.92. The molecule has 0 aliphatic rings. The van der Waals surface area contributed by atoms with Crippen LogP contribution in [0.25, 0.3) is 0 Å². The predicted octanol–water partition coefficient (Wildman–Crippen LogP) is 4.16. The standard InChI is InChI=1S/C13H8Cl2F3N3O/c14-10-4-7(5-11(15)19-10)12(22)21-20-9-3-1-2-8(6-9)13(16,17)18/h1-6,20H,(H,21,22). The number of amides is 1. The van der Waals surface area contributed by atoms with Crippen molar-refractivity contribution in [2.75, 3.05) is 5.43 Å². The van der Waals surface area contributed by atoms with Crippen molar-refractivity contribution in [1.29, 1.82) is 0 Å². The van der Waals surface area contributed by atoms with Crippen LogP contribution in [0.3, 0.4) is 0 Å². The summed E-state index contributed by atoms with van der Waals surface area (Å²) in [6.07, 6.45) is -4.46. The molecule has 0 bridgehead atoms. The Morgan fingerprint density at radius 1 is 1.09 bits per heavy atom. The van der Waals surface area contributed by atoms with Crippen molar-refractivity contribution in [3.05, 3.63) is 57.8 Å². The van der Waals surface area contributed by atoms with Crippen LogP contribution < -0.4 is 10.9 Å². The Balaban J connectivity index is 2.08. The van der Waals surface area contributed by atoms with E-state index in [1.807, 2.05) is 0 Å². The van der Waals surface area contributed by atoms with Crippen molar-refractivity contribution in [2.45, 2.75) is 6.18 Å². The second-order valence-electron chi connectivity index (χ2n) is 4.16. The van der Waals surface area contributed by atoms with Gasteiger partial charge in [0.15, 0.2) is 0 Å². The summed E-state index contributed by atoms with van der Waals surface area (Å²) < 4.78 is 37.7. The van der Waals surface area contributed by atoms with Gasteiger partial charge in [-0.25, -0.2) is 4.98 Å². The third kappa shape index (κ3) is 4.25. The van der Waals surface area contributed by atoms with Crippen LogP contribution >= 0.6 is 23.2 Å². The lowest BCUT2D eigenvalue weighted by molar-refractivity contribution is -0.137. The molecular formula is C13H8Cl2F3N3O. The number of alkyl halides is 3. The summed E-state index contributed by atoms with van der Waals surface area (Å²) in [5.74, 6) is -0.622. The van der Waals surface area contributed by atoms with Gasteiger partial charge in [-0.2, -0.15) is 13.2 Å². The Morgan fingerprint density at radius 3 is 2.32 bits per heavy atom. The first-order valence-corrected chi connectivity index (χ1v) is 6.58. The van der Waals surface area contributed by atoms with E-state index in [0.29, 0.717) is 0 Å². The van der Waals surface area contributed by atoms with Crippen molar-refractivity contribution >= 4 is 34.8 Å². The van der Waals surface area contributed by atoms with Gasteiger partial charge in [0.05, 0.1) is 11.3 Å². The normalized spacial score (nSPS) is 11.1. The average Bonchev–Trinajstić information content (AvgIpc) is 2.43. The summed E-state index contributed by atoms with van der Waals surface area (Å²) in [6.45, 7) is 0. The molecule has 2 aromatic rings. The van der Waals surface area contributed by atoms with Gasteiger partial charge in [0, 0.05) is 5.56 Å². The Hall–Kier alpha value is -1.99. The van der Waals surface area contributed by atoms with E-state index in [0.717, 1.165) is 12.1 Å². The summed E-state index contributed by atoms with van der Waals surface area (Å²) in [5.41, 5.74) is 4.00. The summed E-state index contributed by atoms with van der Waals surface area (Å²) in [5, 5.41) is 0.0495. The van der Waals surface area contributed by atoms with E-state index in [9.17, 15) is 18.0 Å². The fourth-order valence-corrected chi connectivity index (χ4v) is 2.03. The molecule has 1 amide bonds. The number of benzene rings is 1. The molecule has 0 fully saturated rings. The smallest absolute Gasteiger partial charge is 0.298 e. The number of nitrogens with one attached hydrogen (secondary N) is 2. The number of hydrazine groups is 1. The molecule has 0 unspecified atom stereocenters. The maximum absolute atomic E-state index is 12.6. The van der Waals surface area contributed by atoms with Crippen LogP contribution in [0.4, 0.5) is 18.9 Å². The molecule has 22 heavy (non-hydrogen) atoms. The number of hydrogen-bond acceptors (Lipinski definition) is 3. The molecule has 4 nitrogen and oxygen atoms in total. The SMILES string of the molecule is O=C(NNc1cccc(C(F)(F)F)c1)c1cc(Cl)nc(Cl)c1. The van der Waals surface area contributed by atoms with E-state index in [1.165, 1.54) is 24.3 Å². The van der Waals surface area contributed by atoms with Crippen molar-refractivity contribution in [2.24, 2.45) is 0 Å². The molecule has 1 heterocycles. The van der Waals surface area contributed by atoms with Gasteiger partial charge in [-0.1, -0.05) is 29.3 Å². The Morgan fingerprint density at radius 2 is 1.73 bits per heavy atom. The average molecular weight is 350 g/mol. The molecule has 2 rings (SSSR count). The van der Waals surface area contributed by atoms with Gasteiger partial charge in [0.2, 0.25) is 0 Å². The number of rotatable bonds is 3. The molecule has 0 aliphatic heterocycles. The van der Waals surface area contributed by atoms with Crippen molar-refractivity contribution in [1.82, 2.24) is 10.4 Å². The van der Waals surface area contributed by atoms with Crippen LogP contribution in [0.5, 0.6) is 0 Å². The van der Waals surface area contributed by atoms with Crippen LogP contribution in [-0.2, 0) is 6.18 Å². The molecule has 0 radical (unpaired) electrons. The number of aromatic nitrogens is 1. The molecule has 0 atom stereocenters. The van der Waals surface area contributed by atoms with Gasteiger partial charge < -0.3 is 0 Å². The molecule has 1 aromatic heterocycles. The molecular weight excluding hydrogens is 342 g/mol. The van der Waals surface area contributed by atoms with E-state index in [4.69, 9.17) is 23.2 Å². The number of carbonyl (C=O) groups is 1. The van der Waals surface area contributed by atoms with Crippen LogP contribution in [0.2, 0.25) is 10.3 Å².